The third kappa shape index (κ3) is 2.72. The maximum absolute atomic E-state index is 14.7. The summed E-state index contributed by atoms with van der Waals surface area (Å²) in [6, 6.07) is 5.62. The summed E-state index contributed by atoms with van der Waals surface area (Å²) < 4.78 is 34.8. The van der Waals surface area contributed by atoms with Crippen molar-refractivity contribution in [3.05, 3.63) is 59.7 Å². The molecule has 1 aliphatic carbocycles. The van der Waals surface area contributed by atoms with Gasteiger partial charge < -0.3 is 4.90 Å². The van der Waals surface area contributed by atoms with Gasteiger partial charge >= 0.3 is 0 Å². The predicted molar refractivity (Wildman–Crippen MR) is 114 cm³/mol. The fourth-order valence-electron chi connectivity index (χ4n) is 4.84. The third-order valence-electron chi connectivity index (χ3n) is 6.47. The van der Waals surface area contributed by atoms with Crippen molar-refractivity contribution in [1.82, 2.24) is 24.0 Å². The molecule has 2 atom stereocenters. The van der Waals surface area contributed by atoms with Crippen LogP contribution >= 0.6 is 11.5 Å². The molecule has 2 fully saturated rings. The molecule has 9 heteroatoms. The molecule has 31 heavy (non-hydrogen) atoms. The van der Waals surface area contributed by atoms with Crippen molar-refractivity contribution >= 4 is 23.0 Å². The van der Waals surface area contributed by atoms with Crippen molar-refractivity contribution in [1.29, 1.82) is 0 Å². The summed E-state index contributed by atoms with van der Waals surface area (Å²) in [4.78, 5) is 11.7. The molecular weight excluding hydrogens is 418 g/mol. The lowest BCUT2D eigenvalue weighted by molar-refractivity contribution is 0.544. The average Bonchev–Trinajstić information content (AvgIpc) is 3.13. The van der Waals surface area contributed by atoms with Gasteiger partial charge in [0.05, 0.1) is 17.3 Å². The molecule has 0 N–H and O–H groups in total. The van der Waals surface area contributed by atoms with Gasteiger partial charge in [-0.2, -0.15) is 9.47 Å². The van der Waals surface area contributed by atoms with Crippen LogP contribution in [0.25, 0.3) is 16.2 Å². The molecule has 1 aliphatic heterocycles. The molecule has 2 aliphatic rings. The minimum atomic E-state index is -0.523. The maximum atomic E-state index is 14.7. The Morgan fingerprint density at radius 1 is 1.19 bits per heavy atom. The minimum absolute atomic E-state index is 0.243. The zero-order valence-corrected chi connectivity index (χ0v) is 17.9. The Hall–Kier alpha value is -2.94. The van der Waals surface area contributed by atoms with Crippen LogP contribution in [-0.4, -0.2) is 30.5 Å². The van der Waals surface area contributed by atoms with Gasteiger partial charge in [0.1, 0.15) is 28.3 Å². The highest BCUT2D eigenvalue weighted by Gasteiger charge is 2.64. The largest absolute Gasteiger partial charge is 0.346 e. The van der Waals surface area contributed by atoms with E-state index in [-0.39, 0.29) is 11.7 Å². The van der Waals surface area contributed by atoms with Crippen LogP contribution in [0, 0.1) is 17.6 Å². The van der Waals surface area contributed by atoms with Crippen LogP contribution in [0.5, 0.6) is 0 Å². The van der Waals surface area contributed by atoms with Gasteiger partial charge in [0.25, 0.3) is 0 Å². The van der Waals surface area contributed by atoms with Crippen LogP contribution in [0.4, 0.5) is 14.6 Å². The Morgan fingerprint density at radius 3 is 2.84 bits per heavy atom. The number of aromatic nitrogens is 5. The van der Waals surface area contributed by atoms with Gasteiger partial charge in [-0.05, 0) is 54.6 Å². The lowest BCUT2D eigenvalue weighted by atomic mass is 10.0. The summed E-state index contributed by atoms with van der Waals surface area (Å²) in [7, 11) is 0. The van der Waals surface area contributed by atoms with Crippen LogP contribution in [0.15, 0.2) is 36.7 Å². The fraction of sp³-hybridized carbons (Fsp3) is 0.364. The van der Waals surface area contributed by atoms with Crippen molar-refractivity contribution < 1.29 is 8.78 Å². The van der Waals surface area contributed by atoms with Crippen LogP contribution in [0.2, 0.25) is 0 Å². The highest BCUT2D eigenvalue weighted by Crippen LogP contribution is 2.63. The van der Waals surface area contributed by atoms with E-state index in [9.17, 15) is 8.78 Å². The quantitative estimate of drug-likeness (QED) is 0.459. The molecule has 0 amide bonds. The number of nitrogens with zero attached hydrogens (tertiary/aromatic N) is 6. The second-order valence-corrected chi connectivity index (χ2v) is 9.37. The second-order valence-electron chi connectivity index (χ2n) is 8.61. The van der Waals surface area contributed by atoms with Crippen molar-refractivity contribution in [3.8, 4) is 10.6 Å². The van der Waals surface area contributed by atoms with Gasteiger partial charge in [0, 0.05) is 24.2 Å². The van der Waals surface area contributed by atoms with Crippen molar-refractivity contribution in [2.24, 2.45) is 5.92 Å². The fourth-order valence-corrected chi connectivity index (χ4v) is 5.64. The molecule has 3 aromatic heterocycles. The first kappa shape index (κ1) is 18.8. The zero-order valence-electron chi connectivity index (χ0n) is 17.1. The Labute approximate surface area is 181 Å². The summed E-state index contributed by atoms with van der Waals surface area (Å²) in [5, 5.41) is 5.19. The van der Waals surface area contributed by atoms with Gasteiger partial charge in [-0.25, -0.2) is 23.3 Å². The number of benzene rings is 1. The van der Waals surface area contributed by atoms with E-state index in [4.69, 9.17) is 4.98 Å². The van der Waals surface area contributed by atoms with Gasteiger partial charge in [-0.3, -0.25) is 0 Å². The number of rotatable bonds is 4. The first-order chi connectivity index (χ1) is 15.0. The number of halogens is 2. The molecule has 0 bridgehead atoms. The van der Waals surface area contributed by atoms with Gasteiger partial charge in [0.2, 0.25) is 0 Å². The average molecular weight is 439 g/mol. The molecular formula is C22H20F2N6S. The van der Waals surface area contributed by atoms with E-state index in [0.717, 1.165) is 41.6 Å². The topological polar surface area (TPSA) is 59.2 Å². The van der Waals surface area contributed by atoms with E-state index in [2.05, 4.69) is 33.2 Å². The minimum Gasteiger partial charge on any atom is -0.346 e. The Balaban J connectivity index is 1.44. The number of hydrogen-bond donors (Lipinski definition) is 0. The third-order valence-corrected chi connectivity index (χ3v) is 7.23. The van der Waals surface area contributed by atoms with Gasteiger partial charge in [0.15, 0.2) is 5.65 Å². The van der Waals surface area contributed by atoms with Crippen LogP contribution < -0.4 is 4.90 Å². The van der Waals surface area contributed by atoms with Crippen LogP contribution in [0.1, 0.15) is 44.0 Å². The number of anilines is 1. The van der Waals surface area contributed by atoms with Gasteiger partial charge in [-0.1, -0.05) is 13.8 Å². The zero-order chi connectivity index (χ0) is 21.3. The molecule has 0 unspecified atom stereocenters. The van der Waals surface area contributed by atoms with E-state index in [1.165, 1.54) is 29.7 Å². The summed E-state index contributed by atoms with van der Waals surface area (Å²) in [6.45, 7) is 4.87. The smallest absolute Gasteiger partial charge is 0.167 e. The van der Waals surface area contributed by atoms with E-state index in [0.29, 0.717) is 17.1 Å². The SMILES string of the molecule is CC(C)c1nsc(-c2cnn3ccc(N4CC[C@H]5C[C@]54c4cc(F)ccc4F)nc23)n1. The standard InChI is InChI=1S/C22H20F2N6S/c1-12(2)19-27-21(31-28-19)15-11-25-30-8-6-18(26-20(15)30)29-7-5-13-10-22(13,29)16-9-14(23)3-4-17(16)24/h3-4,6,8-9,11-13H,5,7,10H2,1-2H3/t13-,22+/m0/s1. The Morgan fingerprint density at radius 2 is 2.06 bits per heavy atom. The molecule has 6 nitrogen and oxygen atoms in total. The van der Waals surface area contributed by atoms with E-state index in [1.807, 2.05) is 12.3 Å². The van der Waals surface area contributed by atoms with Crippen LogP contribution in [-0.2, 0) is 5.54 Å². The van der Waals surface area contributed by atoms with Gasteiger partial charge in [-0.15, -0.1) is 0 Å². The highest BCUT2D eigenvalue weighted by atomic mass is 32.1. The normalized spacial score (nSPS) is 22.5. The summed E-state index contributed by atoms with van der Waals surface area (Å²) in [6.07, 6.45) is 5.35. The summed E-state index contributed by atoms with van der Waals surface area (Å²) in [5.74, 6) is 1.32. The monoisotopic (exact) mass is 438 g/mol. The number of piperidine rings is 1. The lowest BCUT2D eigenvalue weighted by Gasteiger charge is -2.30. The van der Waals surface area contributed by atoms with E-state index >= 15 is 0 Å². The first-order valence-electron chi connectivity index (χ1n) is 10.4. The van der Waals surface area contributed by atoms with E-state index in [1.54, 1.807) is 10.7 Å². The molecule has 1 saturated carbocycles. The van der Waals surface area contributed by atoms with Crippen LogP contribution in [0.3, 0.4) is 0 Å². The van der Waals surface area contributed by atoms with E-state index < -0.39 is 11.4 Å². The highest BCUT2D eigenvalue weighted by molar-refractivity contribution is 7.09. The Kier molecular flexibility index (Phi) is 3.96. The molecule has 1 saturated heterocycles. The molecule has 0 radical (unpaired) electrons. The molecule has 158 valence electrons. The first-order valence-corrected chi connectivity index (χ1v) is 11.2. The molecule has 4 heterocycles. The predicted octanol–water partition coefficient (Wildman–Crippen LogP) is 4.77. The molecule has 6 rings (SSSR count). The second kappa shape index (κ2) is 6.53. The summed E-state index contributed by atoms with van der Waals surface area (Å²) in [5.41, 5.74) is 1.41. The van der Waals surface area contributed by atoms with Crippen molar-refractivity contribution in [2.45, 2.75) is 38.1 Å². The van der Waals surface area contributed by atoms with Crippen molar-refractivity contribution in [2.75, 3.05) is 11.4 Å². The van der Waals surface area contributed by atoms with Crippen molar-refractivity contribution in [3.63, 3.8) is 0 Å². The lowest BCUT2D eigenvalue weighted by Crippen LogP contribution is -2.34. The molecule has 1 aromatic carbocycles. The Bertz CT molecular complexity index is 1310. The molecule has 0 spiro atoms. The maximum Gasteiger partial charge on any atom is 0.167 e. The number of hydrogen-bond acceptors (Lipinski definition) is 6. The summed E-state index contributed by atoms with van der Waals surface area (Å²) >= 11 is 1.34. The molecule has 4 aromatic rings. The number of fused-ring (bicyclic) bond motifs is 2.